The normalized spacial score (nSPS) is 11.7. The molecule has 0 spiro atoms. The minimum absolute atomic E-state index is 0.118. The SMILES string of the molecule is Cc1ccccc1C(C)(C)[Si]Cl. The number of hydrogen-bond donors (Lipinski definition) is 0. The molecule has 0 saturated carbocycles. The Labute approximate surface area is 81.5 Å². The molecule has 0 atom stereocenters. The zero-order chi connectivity index (χ0) is 9.19. The lowest BCUT2D eigenvalue weighted by Crippen LogP contribution is -2.23. The van der Waals surface area contributed by atoms with Gasteiger partial charge in [0.05, 0.1) is 0 Å². The van der Waals surface area contributed by atoms with Gasteiger partial charge in [0.25, 0.3) is 0 Å². The first-order chi connectivity index (χ1) is 5.58. The summed E-state index contributed by atoms with van der Waals surface area (Å²) in [5, 5.41) is 0.118. The fourth-order valence-electron chi connectivity index (χ4n) is 1.33. The Balaban J connectivity index is 3.10. The Morgan fingerprint density at radius 1 is 1.25 bits per heavy atom. The highest BCUT2D eigenvalue weighted by Crippen LogP contribution is 2.25. The zero-order valence-corrected chi connectivity index (χ0v) is 9.44. The van der Waals surface area contributed by atoms with E-state index in [1.54, 1.807) is 0 Å². The van der Waals surface area contributed by atoms with Crippen LogP contribution in [0, 0.1) is 6.92 Å². The topological polar surface area (TPSA) is 0 Å². The van der Waals surface area contributed by atoms with Gasteiger partial charge >= 0.3 is 0 Å². The maximum atomic E-state index is 5.93. The predicted molar refractivity (Wildman–Crippen MR) is 55.8 cm³/mol. The summed E-state index contributed by atoms with van der Waals surface area (Å²) >= 11 is 5.93. The minimum Gasteiger partial charge on any atom is -0.170 e. The van der Waals surface area contributed by atoms with Crippen molar-refractivity contribution < 1.29 is 0 Å². The summed E-state index contributed by atoms with van der Waals surface area (Å²) < 4.78 is 0. The first-order valence-electron chi connectivity index (χ1n) is 4.02. The van der Waals surface area contributed by atoms with E-state index < -0.39 is 0 Å². The lowest BCUT2D eigenvalue weighted by atomic mass is 9.97. The summed E-state index contributed by atoms with van der Waals surface area (Å²) in [4.78, 5) is 0. The summed E-state index contributed by atoms with van der Waals surface area (Å²) in [5.74, 6) is 0. The summed E-state index contributed by atoms with van der Waals surface area (Å²) in [6.07, 6.45) is 0. The van der Waals surface area contributed by atoms with Crippen LogP contribution in [0.5, 0.6) is 0 Å². The molecule has 1 rings (SSSR count). The third-order valence-corrected chi connectivity index (χ3v) is 4.21. The van der Waals surface area contributed by atoms with Crippen molar-refractivity contribution in [2.45, 2.75) is 25.8 Å². The summed E-state index contributed by atoms with van der Waals surface area (Å²) in [6, 6.07) is 8.42. The Kier molecular flexibility index (Phi) is 2.97. The Hall–Kier alpha value is -0.273. The molecule has 0 saturated heterocycles. The van der Waals surface area contributed by atoms with Crippen molar-refractivity contribution >= 4 is 19.9 Å². The van der Waals surface area contributed by atoms with Crippen LogP contribution in [-0.4, -0.2) is 8.83 Å². The zero-order valence-electron chi connectivity index (χ0n) is 7.69. The van der Waals surface area contributed by atoms with E-state index in [1.165, 1.54) is 11.1 Å². The fourth-order valence-corrected chi connectivity index (χ4v) is 2.01. The molecule has 1 aromatic carbocycles. The lowest BCUT2D eigenvalue weighted by molar-refractivity contribution is 0.753. The molecular weight excluding hydrogens is 184 g/mol. The van der Waals surface area contributed by atoms with Gasteiger partial charge in [-0.25, -0.2) is 0 Å². The highest BCUT2D eigenvalue weighted by Gasteiger charge is 2.21. The molecule has 0 unspecified atom stereocenters. The van der Waals surface area contributed by atoms with E-state index >= 15 is 0 Å². The van der Waals surface area contributed by atoms with E-state index in [-0.39, 0.29) is 5.04 Å². The lowest BCUT2D eigenvalue weighted by Gasteiger charge is -2.22. The molecule has 0 aliphatic rings. The van der Waals surface area contributed by atoms with Gasteiger partial charge in [-0.05, 0) is 23.1 Å². The molecule has 12 heavy (non-hydrogen) atoms. The van der Waals surface area contributed by atoms with Crippen molar-refractivity contribution in [3.63, 3.8) is 0 Å². The van der Waals surface area contributed by atoms with Gasteiger partial charge in [-0.3, -0.25) is 0 Å². The molecule has 64 valence electrons. The fraction of sp³-hybridized carbons (Fsp3) is 0.400. The monoisotopic (exact) mass is 196 g/mol. The van der Waals surface area contributed by atoms with Gasteiger partial charge in [-0.1, -0.05) is 38.1 Å². The van der Waals surface area contributed by atoms with Gasteiger partial charge in [0.2, 0.25) is 0 Å². The van der Waals surface area contributed by atoms with Crippen molar-refractivity contribution in [3.05, 3.63) is 35.4 Å². The van der Waals surface area contributed by atoms with Crippen molar-refractivity contribution in [3.8, 4) is 0 Å². The Morgan fingerprint density at radius 2 is 1.83 bits per heavy atom. The first-order valence-corrected chi connectivity index (χ1v) is 6.03. The molecule has 0 N–H and O–H groups in total. The molecule has 0 aliphatic heterocycles. The number of rotatable bonds is 2. The van der Waals surface area contributed by atoms with Crippen molar-refractivity contribution in [1.82, 2.24) is 0 Å². The average Bonchev–Trinajstić information content (AvgIpc) is 2.05. The summed E-state index contributed by atoms with van der Waals surface area (Å²) in [5.41, 5.74) is 2.69. The third kappa shape index (κ3) is 1.90. The van der Waals surface area contributed by atoms with Crippen LogP contribution < -0.4 is 0 Å². The molecule has 2 radical (unpaired) electrons. The standard InChI is InChI=1S/C10H13ClSi/c1-8-6-4-5-7-9(8)10(2,3)12-11/h4-7H,1-3H3. The third-order valence-electron chi connectivity index (χ3n) is 2.05. The predicted octanol–water partition coefficient (Wildman–Crippen LogP) is 3.09. The molecule has 0 amide bonds. The van der Waals surface area contributed by atoms with E-state index in [1.807, 2.05) is 0 Å². The first kappa shape index (κ1) is 9.81. The molecule has 0 aliphatic carbocycles. The van der Waals surface area contributed by atoms with Gasteiger partial charge in [-0.15, -0.1) is 0 Å². The number of halogens is 1. The van der Waals surface area contributed by atoms with Crippen LogP contribution in [0.4, 0.5) is 0 Å². The largest absolute Gasteiger partial charge is 0.182 e. The molecule has 0 nitrogen and oxygen atoms in total. The highest BCUT2D eigenvalue weighted by molar-refractivity contribution is 6.95. The van der Waals surface area contributed by atoms with Gasteiger partial charge in [0.1, 0.15) is 0 Å². The minimum atomic E-state index is 0.118. The molecule has 0 aromatic heterocycles. The molecule has 1 aromatic rings. The number of benzene rings is 1. The maximum Gasteiger partial charge on any atom is 0.182 e. The van der Waals surface area contributed by atoms with Crippen LogP contribution in [0.25, 0.3) is 0 Å². The van der Waals surface area contributed by atoms with E-state index in [0.717, 1.165) is 0 Å². The molecular formula is C10H13ClSi. The smallest absolute Gasteiger partial charge is 0.170 e. The van der Waals surface area contributed by atoms with Gasteiger partial charge in [0.15, 0.2) is 8.83 Å². The van der Waals surface area contributed by atoms with Crippen molar-refractivity contribution in [2.75, 3.05) is 0 Å². The van der Waals surface area contributed by atoms with Crippen LogP contribution >= 0.6 is 11.1 Å². The molecule has 0 bridgehead atoms. The van der Waals surface area contributed by atoms with Crippen molar-refractivity contribution in [1.29, 1.82) is 0 Å². The molecule has 0 fully saturated rings. The van der Waals surface area contributed by atoms with Crippen LogP contribution in [0.15, 0.2) is 24.3 Å². The Bertz CT molecular complexity index is 268. The second kappa shape index (κ2) is 3.63. The van der Waals surface area contributed by atoms with Crippen LogP contribution in [0.1, 0.15) is 25.0 Å². The van der Waals surface area contributed by atoms with Crippen molar-refractivity contribution in [2.24, 2.45) is 0 Å². The number of hydrogen-bond acceptors (Lipinski definition) is 0. The molecule has 0 heterocycles. The van der Waals surface area contributed by atoms with E-state index in [4.69, 9.17) is 11.1 Å². The Morgan fingerprint density at radius 3 is 2.33 bits per heavy atom. The quantitative estimate of drug-likeness (QED) is 0.504. The maximum absolute atomic E-state index is 5.93. The van der Waals surface area contributed by atoms with E-state index in [0.29, 0.717) is 8.83 Å². The average molecular weight is 197 g/mol. The van der Waals surface area contributed by atoms with Gasteiger partial charge < -0.3 is 0 Å². The van der Waals surface area contributed by atoms with E-state index in [9.17, 15) is 0 Å². The van der Waals surface area contributed by atoms with Gasteiger partial charge in [0, 0.05) is 0 Å². The highest BCUT2D eigenvalue weighted by atomic mass is 35.6. The van der Waals surface area contributed by atoms with Gasteiger partial charge in [-0.2, -0.15) is 11.1 Å². The summed E-state index contributed by atoms with van der Waals surface area (Å²) in [7, 11) is 0.431. The molecule has 2 heteroatoms. The second-order valence-corrected chi connectivity index (χ2v) is 5.54. The van der Waals surface area contributed by atoms with Crippen LogP contribution in [0.3, 0.4) is 0 Å². The van der Waals surface area contributed by atoms with E-state index in [2.05, 4.69) is 45.0 Å². The van der Waals surface area contributed by atoms with Crippen LogP contribution in [-0.2, 0) is 5.04 Å². The second-order valence-electron chi connectivity index (χ2n) is 3.53. The number of aryl methyl sites for hydroxylation is 1. The summed E-state index contributed by atoms with van der Waals surface area (Å²) in [6.45, 7) is 6.50. The van der Waals surface area contributed by atoms with Crippen LogP contribution in [0.2, 0.25) is 0 Å².